The highest BCUT2D eigenvalue weighted by atomic mass is 16.6. The molecule has 8 heteroatoms. The summed E-state index contributed by atoms with van der Waals surface area (Å²) >= 11 is 0. The summed E-state index contributed by atoms with van der Waals surface area (Å²) in [6.07, 6.45) is -3.52. The average Bonchev–Trinajstić information content (AvgIpc) is 2.61. The molecule has 1 fully saturated rings. The van der Waals surface area contributed by atoms with Gasteiger partial charge >= 0.3 is 5.69 Å². The summed E-state index contributed by atoms with van der Waals surface area (Å²) in [5, 5.41) is 28.3. The molecule has 0 unspecified atom stereocenters. The number of nitrogens with one attached hydrogen (secondary N) is 1. The first kappa shape index (κ1) is 13.0. The number of aliphatic hydroxyl groups is 3. The molecular weight excluding hydrogens is 244 g/mol. The van der Waals surface area contributed by atoms with Gasteiger partial charge in [-0.2, -0.15) is 0 Å². The van der Waals surface area contributed by atoms with E-state index in [9.17, 15) is 19.8 Å². The lowest BCUT2D eigenvalue weighted by Gasteiger charge is -2.17. The fourth-order valence-electron chi connectivity index (χ4n) is 1.88. The van der Waals surface area contributed by atoms with Gasteiger partial charge in [-0.1, -0.05) is 0 Å². The van der Waals surface area contributed by atoms with E-state index in [1.54, 1.807) is 0 Å². The lowest BCUT2D eigenvalue weighted by Crippen LogP contribution is -2.38. The van der Waals surface area contributed by atoms with E-state index in [0.29, 0.717) is 0 Å². The summed E-state index contributed by atoms with van der Waals surface area (Å²) in [7, 11) is 0. The topological polar surface area (TPSA) is 125 Å². The molecule has 1 aliphatic heterocycles. The predicted octanol–water partition coefficient (Wildman–Crippen LogP) is -2.54. The third-order valence-corrected chi connectivity index (χ3v) is 2.94. The van der Waals surface area contributed by atoms with Crippen molar-refractivity contribution in [2.45, 2.75) is 31.5 Å². The van der Waals surface area contributed by atoms with Gasteiger partial charge in [0.15, 0.2) is 6.23 Å². The molecule has 2 rings (SSSR count). The standard InChI is InChI=1S/C10H14N2O6/c1-4-2-12(10(17)11-8(4)16)9-7(15)6(14)5(3-13)18-9/h2,5-7,9,13-15H,3H2,1H3,(H,11,16,17)/t5-,6+,7-,9+/m1/s1. The van der Waals surface area contributed by atoms with Gasteiger partial charge in [-0.05, 0) is 6.92 Å². The lowest BCUT2D eigenvalue weighted by atomic mass is 10.1. The van der Waals surface area contributed by atoms with Crippen molar-refractivity contribution in [3.63, 3.8) is 0 Å². The molecule has 4 N–H and O–H groups in total. The van der Waals surface area contributed by atoms with Gasteiger partial charge in [0.25, 0.3) is 5.56 Å². The van der Waals surface area contributed by atoms with Crippen LogP contribution in [0.3, 0.4) is 0 Å². The fraction of sp³-hybridized carbons (Fsp3) is 0.600. The highest BCUT2D eigenvalue weighted by Gasteiger charge is 2.43. The van der Waals surface area contributed by atoms with E-state index < -0.39 is 42.4 Å². The molecule has 1 saturated heterocycles. The number of H-pyrrole nitrogens is 1. The van der Waals surface area contributed by atoms with Crippen molar-refractivity contribution < 1.29 is 20.1 Å². The maximum atomic E-state index is 11.6. The van der Waals surface area contributed by atoms with Gasteiger partial charge in [0.05, 0.1) is 6.61 Å². The molecule has 0 amide bonds. The van der Waals surface area contributed by atoms with Crippen molar-refractivity contribution in [3.05, 3.63) is 32.6 Å². The Balaban J connectivity index is 2.42. The molecule has 0 aromatic carbocycles. The Hall–Kier alpha value is -1.48. The molecule has 0 saturated carbocycles. The van der Waals surface area contributed by atoms with Crippen molar-refractivity contribution in [1.82, 2.24) is 9.55 Å². The number of aromatic amines is 1. The van der Waals surface area contributed by atoms with E-state index in [1.807, 2.05) is 0 Å². The second-order valence-electron chi connectivity index (χ2n) is 4.21. The number of nitrogens with zero attached hydrogens (tertiary/aromatic N) is 1. The molecular formula is C10H14N2O6. The summed E-state index contributed by atoms with van der Waals surface area (Å²) < 4.78 is 6.17. The SMILES string of the molecule is Cc1cn([C@H]2O[C@H](CO)[C@H](O)[C@H]2O)c(=O)[nH]c1=O. The van der Waals surface area contributed by atoms with E-state index >= 15 is 0 Å². The Bertz CT molecular complexity index is 550. The van der Waals surface area contributed by atoms with Gasteiger partial charge in [-0.3, -0.25) is 14.3 Å². The van der Waals surface area contributed by atoms with Crippen molar-refractivity contribution >= 4 is 0 Å². The largest absolute Gasteiger partial charge is 0.394 e. The van der Waals surface area contributed by atoms with Gasteiger partial charge < -0.3 is 20.1 Å². The Kier molecular flexibility index (Phi) is 3.35. The summed E-state index contributed by atoms with van der Waals surface area (Å²) in [5.74, 6) is 0. The Morgan fingerprint density at radius 2 is 2.06 bits per heavy atom. The highest BCUT2D eigenvalue weighted by Crippen LogP contribution is 2.27. The molecule has 1 aromatic heterocycles. The van der Waals surface area contributed by atoms with Crippen LogP contribution in [0.4, 0.5) is 0 Å². The molecule has 1 aliphatic rings. The molecule has 0 bridgehead atoms. The lowest BCUT2D eigenvalue weighted by molar-refractivity contribution is -0.0551. The average molecular weight is 258 g/mol. The van der Waals surface area contributed by atoms with Crippen LogP contribution >= 0.6 is 0 Å². The van der Waals surface area contributed by atoms with Gasteiger partial charge in [0.1, 0.15) is 18.3 Å². The Morgan fingerprint density at radius 3 is 2.61 bits per heavy atom. The Morgan fingerprint density at radius 1 is 1.39 bits per heavy atom. The molecule has 4 atom stereocenters. The number of hydrogen-bond acceptors (Lipinski definition) is 6. The minimum absolute atomic E-state index is 0.271. The zero-order valence-electron chi connectivity index (χ0n) is 9.61. The number of ether oxygens (including phenoxy) is 1. The summed E-state index contributed by atoms with van der Waals surface area (Å²) in [5.41, 5.74) is -1.00. The van der Waals surface area contributed by atoms with E-state index in [2.05, 4.69) is 4.98 Å². The summed E-state index contributed by atoms with van der Waals surface area (Å²) in [6, 6.07) is 0. The van der Waals surface area contributed by atoms with E-state index in [4.69, 9.17) is 9.84 Å². The van der Waals surface area contributed by atoms with Crippen LogP contribution in [0.15, 0.2) is 15.8 Å². The first-order valence-corrected chi connectivity index (χ1v) is 5.40. The Labute approximate surface area is 101 Å². The third-order valence-electron chi connectivity index (χ3n) is 2.94. The normalized spacial score (nSPS) is 31.8. The van der Waals surface area contributed by atoms with Crippen molar-refractivity contribution in [2.24, 2.45) is 0 Å². The van der Waals surface area contributed by atoms with Crippen LogP contribution < -0.4 is 11.2 Å². The van der Waals surface area contributed by atoms with Crippen LogP contribution in [0.25, 0.3) is 0 Å². The summed E-state index contributed by atoms with van der Waals surface area (Å²) in [4.78, 5) is 24.9. The fourth-order valence-corrected chi connectivity index (χ4v) is 1.88. The zero-order valence-corrected chi connectivity index (χ0v) is 9.61. The van der Waals surface area contributed by atoms with Crippen LogP contribution in [0.2, 0.25) is 0 Å². The van der Waals surface area contributed by atoms with Gasteiger partial charge in [-0.25, -0.2) is 4.79 Å². The van der Waals surface area contributed by atoms with E-state index in [0.717, 1.165) is 4.57 Å². The second-order valence-corrected chi connectivity index (χ2v) is 4.21. The number of hydrogen-bond donors (Lipinski definition) is 4. The van der Waals surface area contributed by atoms with Crippen molar-refractivity contribution in [3.8, 4) is 0 Å². The summed E-state index contributed by atoms with van der Waals surface area (Å²) in [6.45, 7) is 1.02. The molecule has 18 heavy (non-hydrogen) atoms. The minimum atomic E-state index is -1.36. The van der Waals surface area contributed by atoms with E-state index in [1.165, 1.54) is 13.1 Å². The first-order valence-electron chi connectivity index (χ1n) is 5.40. The number of rotatable bonds is 2. The quantitative estimate of drug-likeness (QED) is 0.463. The van der Waals surface area contributed by atoms with Crippen LogP contribution in [-0.2, 0) is 4.74 Å². The smallest absolute Gasteiger partial charge is 0.330 e. The van der Waals surface area contributed by atoms with Crippen LogP contribution in [0.5, 0.6) is 0 Å². The molecule has 0 radical (unpaired) electrons. The van der Waals surface area contributed by atoms with Crippen LogP contribution in [0.1, 0.15) is 11.8 Å². The molecule has 0 aliphatic carbocycles. The van der Waals surface area contributed by atoms with Gasteiger partial charge in [-0.15, -0.1) is 0 Å². The predicted molar refractivity (Wildman–Crippen MR) is 59.1 cm³/mol. The van der Waals surface area contributed by atoms with Crippen molar-refractivity contribution in [2.75, 3.05) is 6.61 Å². The van der Waals surface area contributed by atoms with Crippen LogP contribution in [-0.4, -0.2) is 49.8 Å². The molecule has 8 nitrogen and oxygen atoms in total. The molecule has 2 heterocycles. The monoisotopic (exact) mass is 258 g/mol. The molecule has 100 valence electrons. The zero-order chi connectivity index (χ0) is 13.4. The second kappa shape index (κ2) is 4.65. The number of aryl methyl sites for hydroxylation is 1. The van der Waals surface area contributed by atoms with Gasteiger partial charge in [0.2, 0.25) is 0 Å². The number of aromatic nitrogens is 2. The highest BCUT2D eigenvalue weighted by molar-refractivity contribution is 5.03. The van der Waals surface area contributed by atoms with Crippen molar-refractivity contribution in [1.29, 1.82) is 0 Å². The minimum Gasteiger partial charge on any atom is -0.394 e. The first-order chi connectivity index (χ1) is 8.45. The molecule has 1 aromatic rings. The maximum absolute atomic E-state index is 11.6. The van der Waals surface area contributed by atoms with E-state index in [-0.39, 0.29) is 5.56 Å². The maximum Gasteiger partial charge on any atom is 0.330 e. The number of aliphatic hydroxyl groups excluding tert-OH is 3. The van der Waals surface area contributed by atoms with Crippen LogP contribution in [0, 0.1) is 6.92 Å². The molecule has 0 spiro atoms. The third kappa shape index (κ3) is 1.99. The van der Waals surface area contributed by atoms with Gasteiger partial charge in [0, 0.05) is 11.8 Å².